The lowest BCUT2D eigenvalue weighted by Gasteiger charge is -2.28. The number of amidine groups is 1. The molecule has 2 atom stereocenters. The minimum absolute atomic E-state index is 0.0698. The summed E-state index contributed by atoms with van der Waals surface area (Å²) >= 11 is 1.44. The van der Waals surface area contributed by atoms with Gasteiger partial charge in [-0.25, -0.2) is 8.42 Å². The van der Waals surface area contributed by atoms with E-state index in [1.54, 1.807) is 0 Å². The third kappa shape index (κ3) is 4.79. The molecule has 2 heterocycles. The number of fused-ring (bicyclic) bond motifs is 1. The van der Waals surface area contributed by atoms with Crippen molar-refractivity contribution in [2.45, 2.75) is 58.2 Å². The highest BCUT2D eigenvalue weighted by Gasteiger charge is 2.49. The highest BCUT2D eigenvalue weighted by molar-refractivity contribution is 8.16. The minimum atomic E-state index is -3.07. The number of amides is 1. The molecule has 0 saturated carbocycles. The van der Waals surface area contributed by atoms with Gasteiger partial charge in [0.25, 0.3) is 0 Å². The second kappa shape index (κ2) is 9.08. The second-order valence-corrected chi connectivity index (χ2v) is 11.1. The van der Waals surface area contributed by atoms with Gasteiger partial charge >= 0.3 is 0 Å². The molecule has 29 heavy (non-hydrogen) atoms. The average molecular weight is 438 g/mol. The Morgan fingerprint density at radius 3 is 2.59 bits per heavy atom. The Balaban J connectivity index is 1.97. The zero-order chi connectivity index (χ0) is 21.2. The fourth-order valence-electron chi connectivity index (χ4n) is 4.03. The van der Waals surface area contributed by atoms with Crippen LogP contribution in [-0.4, -0.2) is 55.4 Å². The molecule has 6 nitrogen and oxygen atoms in total. The van der Waals surface area contributed by atoms with Crippen molar-refractivity contribution >= 4 is 44.0 Å². The number of aliphatic imine (C=N–C) groups is 1. The number of carbonyl (C=O) groups excluding carboxylic acids is 1. The van der Waals surface area contributed by atoms with Crippen molar-refractivity contribution in [2.24, 2.45) is 4.99 Å². The zero-order valence-electron chi connectivity index (χ0n) is 17.7. The van der Waals surface area contributed by atoms with Gasteiger partial charge in [0.05, 0.1) is 17.5 Å². The minimum Gasteiger partial charge on any atom is -0.372 e. The molecule has 1 amide bonds. The van der Waals surface area contributed by atoms with Crippen molar-refractivity contribution in [1.82, 2.24) is 0 Å². The van der Waals surface area contributed by atoms with E-state index in [2.05, 4.69) is 35.9 Å². The van der Waals surface area contributed by atoms with E-state index in [-0.39, 0.29) is 28.7 Å². The van der Waals surface area contributed by atoms with Crippen molar-refractivity contribution in [3.63, 3.8) is 0 Å². The Labute approximate surface area is 178 Å². The Hall–Kier alpha value is -1.54. The smallest absolute Gasteiger partial charge is 0.248 e. The maximum Gasteiger partial charge on any atom is 0.248 e. The first-order valence-corrected chi connectivity index (χ1v) is 13.1. The van der Waals surface area contributed by atoms with Gasteiger partial charge in [0, 0.05) is 36.1 Å². The topological polar surface area (TPSA) is 70.0 Å². The quantitative estimate of drug-likeness (QED) is 0.649. The number of benzene rings is 1. The fourth-order valence-corrected chi connectivity index (χ4v) is 7.96. The van der Waals surface area contributed by atoms with Crippen molar-refractivity contribution in [3.8, 4) is 0 Å². The van der Waals surface area contributed by atoms with Gasteiger partial charge in [-0.1, -0.05) is 25.1 Å². The number of thioether (sulfide) groups is 1. The molecule has 0 spiro atoms. The Morgan fingerprint density at radius 2 is 1.97 bits per heavy atom. The number of carbonyl (C=O) groups is 1. The molecule has 8 heteroatoms. The van der Waals surface area contributed by atoms with Crippen LogP contribution in [0, 0.1) is 6.92 Å². The van der Waals surface area contributed by atoms with Gasteiger partial charge in [0.2, 0.25) is 5.91 Å². The molecule has 160 valence electrons. The normalized spacial score (nSPS) is 24.1. The summed E-state index contributed by atoms with van der Waals surface area (Å²) in [7, 11) is -3.07. The molecule has 0 N–H and O–H groups in total. The summed E-state index contributed by atoms with van der Waals surface area (Å²) in [5, 5.41) is 0.578. The third-order valence-corrected chi connectivity index (χ3v) is 8.81. The summed E-state index contributed by atoms with van der Waals surface area (Å²) in [6, 6.07) is 6.09. The average Bonchev–Trinajstić information content (AvgIpc) is 3.12. The molecule has 2 aliphatic rings. The number of aryl methyl sites for hydroxylation is 1. The number of anilines is 2. The summed E-state index contributed by atoms with van der Waals surface area (Å²) in [5.74, 6) is 0.140. The number of nitrogens with zero attached hydrogens (tertiary/aromatic N) is 3. The van der Waals surface area contributed by atoms with E-state index in [0.29, 0.717) is 11.6 Å². The van der Waals surface area contributed by atoms with Gasteiger partial charge in [0.15, 0.2) is 15.0 Å². The molecule has 1 aromatic carbocycles. The molecule has 0 aromatic heterocycles. The van der Waals surface area contributed by atoms with Gasteiger partial charge in [0.1, 0.15) is 0 Å². The van der Waals surface area contributed by atoms with E-state index in [1.165, 1.54) is 11.8 Å². The van der Waals surface area contributed by atoms with Crippen LogP contribution >= 0.6 is 11.8 Å². The van der Waals surface area contributed by atoms with Crippen molar-refractivity contribution in [3.05, 3.63) is 23.8 Å². The second-order valence-electron chi connectivity index (χ2n) is 7.71. The predicted molar refractivity (Wildman–Crippen MR) is 123 cm³/mol. The molecule has 1 aromatic rings. The predicted octanol–water partition coefficient (Wildman–Crippen LogP) is 3.63. The number of rotatable bonds is 7. The highest BCUT2D eigenvalue weighted by Crippen LogP contribution is 2.42. The third-order valence-electron chi connectivity index (χ3n) is 5.60. The highest BCUT2D eigenvalue weighted by atomic mass is 32.2. The van der Waals surface area contributed by atoms with Gasteiger partial charge < -0.3 is 9.80 Å². The molecule has 2 unspecified atom stereocenters. The monoisotopic (exact) mass is 437 g/mol. The van der Waals surface area contributed by atoms with Gasteiger partial charge in [-0.15, -0.1) is 0 Å². The molecule has 0 bridgehead atoms. The van der Waals surface area contributed by atoms with Crippen LogP contribution in [0.15, 0.2) is 23.2 Å². The molecule has 2 saturated heterocycles. The molecule has 2 fully saturated rings. The van der Waals surface area contributed by atoms with Crippen LogP contribution in [0.5, 0.6) is 0 Å². The molecule has 0 radical (unpaired) electrons. The first-order chi connectivity index (χ1) is 13.8. The summed E-state index contributed by atoms with van der Waals surface area (Å²) in [5.41, 5.74) is 3.16. The first-order valence-electron chi connectivity index (χ1n) is 10.4. The maximum absolute atomic E-state index is 12.3. The van der Waals surface area contributed by atoms with Crippen molar-refractivity contribution in [2.75, 3.05) is 34.4 Å². The van der Waals surface area contributed by atoms with E-state index in [0.717, 1.165) is 42.9 Å². The first kappa shape index (κ1) is 22.2. The van der Waals surface area contributed by atoms with Gasteiger partial charge in [-0.3, -0.25) is 4.79 Å². The van der Waals surface area contributed by atoms with Gasteiger partial charge in [-0.2, -0.15) is 4.99 Å². The van der Waals surface area contributed by atoms with Crippen LogP contribution in [0.2, 0.25) is 0 Å². The zero-order valence-corrected chi connectivity index (χ0v) is 19.4. The summed E-state index contributed by atoms with van der Waals surface area (Å²) in [4.78, 5) is 21.0. The Kier molecular flexibility index (Phi) is 6.94. The Morgan fingerprint density at radius 1 is 1.24 bits per heavy atom. The lowest BCUT2D eigenvalue weighted by molar-refractivity contribution is -0.117. The van der Waals surface area contributed by atoms with Crippen molar-refractivity contribution in [1.29, 1.82) is 0 Å². The number of hydrogen-bond donors (Lipinski definition) is 0. The lowest BCUT2D eigenvalue weighted by atomic mass is 10.1. The van der Waals surface area contributed by atoms with Crippen LogP contribution in [0.3, 0.4) is 0 Å². The van der Waals surface area contributed by atoms with E-state index < -0.39 is 9.84 Å². The van der Waals surface area contributed by atoms with E-state index >= 15 is 0 Å². The number of sulfone groups is 1. The van der Waals surface area contributed by atoms with Crippen LogP contribution in [0.1, 0.15) is 45.6 Å². The molecule has 3 rings (SSSR count). The van der Waals surface area contributed by atoms with Crippen LogP contribution in [-0.2, 0) is 14.6 Å². The molecular weight excluding hydrogens is 406 g/mol. The summed E-state index contributed by atoms with van der Waals surface area (Å²) in [6.45, 7) is 10.2. The summed E-state index contributed by atoms with van der Waals surface area (Å²) in [6.07, 6.45) is 2.20. The molecule has 0 aliphatic carbocycles. The van der Waals surface area contributed by atoms with E-state index in [4.69, 9.17) is 0 Å². The standard InChI is InChI=1S/C21H31N3O3S2/c1-5-8-9-20(25)22-21-24(18-13-29(26,27)14-19(18)28-21)17-11-10-16(12-15(17)4)23(6-2)7-3/h10-12,18-19H,5-9,13-14H2,1-4H3. The fraction of sp³-hybridized carbons (Fsp3) is 0.619. The lowest BCUT2D eigenvalue weighted by Crippen LogP contribution is -2.38. The van der Waals surface area contributed by atoms with E-state index in [1.807, 2.05) is 24.8 Å². The van der Waals surface area contributed by atoms with Crippen LogP contribution < -0.4 is 9.80 Å². The maximum atomic E-state index is 12.3. The van der Waals surface area contributed by atoms with Gasteiger partial charge in [-0.05, 0) is 51.0 Å². The van der Waals surface area contributed by atoms with Crippen molar-refractivity contribution < 1.29 is 13.2 Å². The van der Waals surface area contributed by atoms with Crippen LogP contribution in [0.25, 0.3) is 0 Å². The number of hydrogen-bond acceptors (Lipinski definition) is 5. The largest absolute Gasteiger partial charge is 0.372 e. The van der Waals surface area contributed by atoms with E-state index in [9.17, 15) is 13.2 Å². The van der Waals surface area contributed by atoms with Crippen LogP contribution in [0.4, 0.5) is 11.4 Å². The number of unbranched alkanes of at least 4 members (excludes halogenated alkanes) is 1. The Bertz CT molecular complexity index is 894. The molecular formula is C21H31N3O3S2. The SMILES string of the molecule is CCCCC(=O)N=C1SC2CS(=O)(=O)CC2N1c1ccc(N(CC)CC)cc1C. The molecule has 2 aliphatic heterocycles. The summed E-state index contributed by atoms with van der Waals surface area (Å²) < 4.78 is 24.5.